The Kier molecular flexibility index (Phi) is 16.0. The molecule has 13 nitrogen and oxygen atoms in total. The molecule has 1 aromatic heterocycles. The summed E-state index contributed by atoms with van der Waals surface area (Å²) in [6, 6.07) is 12.1. The first-order valence-electron chi connectivity index (χ1n) is 14.3. The van der Waals surface area contributed by atoms with Gasteiger partial charge in [-0.1, -0.05) is 18.2 Å². The summed E-state index contributed by atoms with van der Waals surface area (Å²) in [6.45, 7) is 4.57. The largest absolute Gasteiger partial charge is 1.00 e. The van der Waals surface area contributed by atoms with E-state index in [1.807, 2.05) is 35.9 Å². The summed E-state index contributed by atoms with van der Waals surface area (Å²) >= 11 is 0. The number of hydrogen-bond donors (Lipinski definition) is 1. The first kappa shape index (κ1) is 36.3. The molecule has 2 aromatic rings. The van der Waals surface area contributed by atoms with Gasteiger partial charge in [0, 0.05) is 45.3 Å². The number of carbonyl (C=O) groups is 4. The molecule has 242 valence electrons. The van der Waals surface area contributed by atoms with E-state index < -0.39 is 24.2 Å². The van der Waals surface area contributed by atoms with E-state index in [1.165, 1.54) is 14.2 Å². The number of aromatic nitrogens is 1. The number of imide groups is 1. The lowest BCUT2D eigenvalue weighted by atomic mass is 10.1. The lowest BCUT2D eigenvalue weighted by molar-refractivity contribution is -0.701. The number of pyridine rings is 1. The number of carbonyl (C=O) groups excluding carboxylic acids is 4. The van der Waals surface area contributed by atoms with Crippen molar-refractivity contribution in [2.75, 3.05) is 60.3 Å². The van der Waals surface area contributed by atoms with Crippen LogP contribution < -0.4 is 27.0 Å². The van der Waals surface area contributed by atoms with Crippen molar-refractivity contribution in [1.29, 1.82) is 0 Å². The molecule has 44 heavy (non-hydrogen) atoms. The van der Waals surface area contributed by atoms with E-state index in [-0.39, 0.29) is 50.2 Å². The summed E-state index contributed by atoms with van der Waals surface area (Å²) in [5.74, 6) is -0.248. The van der Waals surface area contributed by atoms with Gasteiger partial charge in [0.15, 0.2) is 6.20 Å². The van der Waals surface area contributed by atoms with Crippen molar-refractivity contribution >= 4 is 24.0 Å². The average Bonchev–Trinajstić information content (AvgIpc) is 3.05. The van der Waals surface area contributed by atoms with Crippen LogP contribution in [0.1, 0.15) is 35.8 Å². The van der Waals surface area contributed by atoms with Gasteiger partial charge in [-0.05, 0) is 25.5 Å². The van der Waals surface area contributed by atoms with Crippen LogP contribution in [-0.4, -0.2) is 100 Å². The fourth-order valence-corrected chi connectivity index (χ4v) is 4.36. The maximum atomic E-state index is 13.6. The zero-order valence-electron chi connectivity index (χ0n) is 25.4. The predicted octanol–water partition coefficient (Wildman–Crippen LogP) is -0.834. The minimum absolute atomic E-state index is 0. The average molecular weight is 637 g/mol. The predicted molar refractivity (Wildman–Crippen MR) is 153 cm³/mol. The van der Waals surface area contributed by atoms with E-state index in [0.29, 0.717) is 51.4 Å². The minimum Gasteiger partial charge on any atom is -1.00 e. The molecule has 0 spiro atoms. The van der Waals surface area contributed by atoms with Gasteiger partial charge in [-0.2, -0.15) is 0 Å². The number of para-hydroxylation sites is 1. The first-order chi connectivity index (χ1) is 20.9. The number of methoxy groups -OCH3 is 2. The summed E-state index contributed by atoms with van der Waals surface area (Å²) in [5.41, 5.74) is 0.927. The third-order valence-corrected chi connectivity index (χ3v) is 6.83. The molecule has 2 heterocycles. The lowest BCUT2D eigenvalue weighted by Gasteiger charge is -2.26. The molecule has 1 saturated heterocycles. The Morgan fingerprint density at radius 1 is 1.02 bits per heavy atom. The van der Waals surface area contributed by atoms with Gasteiger partial charge >= 0.3 is 12.2 Å². The zero-order valence-corrected chi connectivity index (χ0v) is 26.1. The highest BCUT2D eigenvalue weighted by atomic mass is 35.5. The topological polar surface area (TPSA) is 137 Å². The van der Waals surface area contributed by atoms with E-state index in [9.17, 15) is 19.2 Å². The van der Waals surface area contributed by atoms with Crippen LogP contribution in [0.5, 0.6) is 5.75 Å². The number of amides is 4. The number of alkyl carbamates (subject to hydrolysis) is 1. The van der Waals surface area contributed by atoms with Gasteiger partial charge in [-0.15, -0.1) is 0 Å². The van der Waals surface area contributed by atoms with Crippen molar-refractivity contribution in [3.63, 3.8) is 0 Å². The number of aryl methyl sites for hydroxylation is 1. The summed E-state index contributed by atoms with van der Waals surface area (Å²) in [6.07, 6.45) is 0.275. The van der Waals surface area contributed by atoms with Crippen LogP contribution in [0.4, 0.5) is 9.59 Å². The number of nitrogens with zero attached hydrogens (tertiary/aromatic N) is 3. The van der Waals surface area contributed by atoms with Crippen molar-refractivity contribution in [3.05, 3.63) is 59.9 Å². The molecule has 1 aliphatic heterocycles. The van der Waals surface area contributed by atoms with Crippen molar-refractivity contribution in [1.82, 2.24) is 15.1 Å². The minimum atomic E-state index is -0.890. The molecule has 0 aliphatic carbocycles. The molecule has 1 fully saturated rings. The van der Waals surface area contributed by atoms with Crippen LogP contribution in [0.3, 0.4) is 0 Å². The fraction of sp³-hybridized carbons (Fsp3) is 0.500. The van der Waals surface area contributed by atoms with Gasteiger partial charge in [0.1, 0.15) is 38.2 Å². The number of benzene rings is 1. The molecule has 1 aromatic carbocycles. The number of ether oxygens (including phenoxy) is 5. The van der Waals surface area contributed by atoms with E-state index in [2.05, 4.69) is 5.32 Å². The van der Waals surface area contributed by atoms with Crippen molar-refractivity contribution in [2.24, 2.45) is 0 Å². The Balaban J connectivity index is 0.00000675. The maximum absolute atomic E-state index is 13.6. The number of halogens is 1. The molecule has 4 amide bonds. The summed E-state index contributed by atoms with van der Waals surface area (Å²) in [7, 11) is 2.84. The molecule has 1 N–H and O–H groups in total. The van der Waals surface area contributed by atoms with E-state index in [0.717, 1.165) is 10.6 Å². The van der Waals surface area contributed by atoms with Gasteiger partial charge in [0.25, 0.3) is 5.91 Å². The van der Waals surface area contributed by atoms with Crippen molar-refractivity contribution in [2.45, 2.75) is 39.0 Å². The van der Waals surface area contributed by atoms with Crippen LogP contribution in [0.15, 0.2) is 48.7 Å². The summed E-state index contributed by atoms with van der Waals surface area (Å²) in [4.78, 5) is 53.9. The molecule has 1 aliphatic rings. The lowest BCUT2D eigenvalue weighted by Crippen LogP contribution is -3.00. The molecule has 0 bridgehead atoms. The highest BCUT2D eigenvalue weighted by Crippen LogP contribution is 2.21. The van der Waals surface area contributed by atoms with Gasteiger partial charge in [0.05, 0.1) is 25.9 Å². The second-order valence-electron chi connectivity index (χ2n) is 9.63. The molecule has 1 unspecified atom stereocenters. The molecular weight excluding hydrogens is 596 g/mol. The number of morpholine rings is 1. The third kappa shape index (κ3) is 11.0. The van der Waals surface area contributed by atoms with Crippen LogP contribution in [0.2, 0.25) is 0 Å². The highest BCUT2D eigenvalue weighted by molar-refractivity contribution is 6.04. The van der Waals surface area contributed by atoms with Crippen LogP contribution in [0.25, 0.3) is 0 Å². The molecule has 0 saturated carbocycles. The molecule has 14 heteroatoms. The second kappa shape index (κ2) is 19.4. The van der Waals surface area contributed by atoms with Gasteiger partial charge in [-0.3, -0.25) is 9.59 Å². The Morgan fingerprint density at radius 2 is 1.73 bits per heavy atom. The number of rotatable bonds is 14. The fourth-order valence-electron chi connectivity index (χ4n) is 4.36. The maximum Gasteiger partial charge on any atom is 0.417 e. The molecule has 0 radical (unpaired) electrons. The quantitative estimate of drug-likeness (QED) is 0.208. The van der Waals surface area contributed by atoms with Crippen LogP contribution in [-0.2, 0) is 36.8 Å². The molecule has 3 rings (SSSR count). The van der Waals surface area contributed by atoms with E-state index in [1.54, 1.807) is 29.2 Å². The molecule has 1 atom stereocenters. The number of hydrogen-bond acceptors (Lipinski definition) is 9. The zero-order chi connectivity index (χ0) is 31.0. The van der Waals surface area contributed by atoms with Crippen molar-refractivity contribution in [3.8, 4) is 5.75 Å². The van der Waals surface area contributed by atoms with E-state index in [4.69, 9.17) is 23.7 Å². The Hall–Kier alpha value is -3.94. The number of nitrogens with one attached hydrogen (secondary N) is 1. The van der Waals surface area contributed by atoms with Gasteiger partial charge in [0.2, 0.25) is 11.6 Å². The van der Waals surface area contributed by atoms with E-state index >= 15 is 0 Å². The first-order valence-corrected chi connectivity index (χ1v) is 14.3. The summed E-state index contributed by atoms with van der Waals surface area (Å²) < 4.78 is 28.5. The highest BCUT2D eigenvalue weighted by Gasteiger charge is 2.30. The summed E-state index contributed by atoms with van der Waals surface area (Å²) in [5, 5.41) is 2.60. The smallest absolute Gasteiger partial charge is 0.417 e. The van der Waals surface area contributed by atoms with Gasteiger partial charge in [-0.25, -0.2) is 19.1 Å². The Bertz CT molecular complexity index is 1230. The Labute approximate surface area is 263 Å². The Morgan fingerprint density at radius 3 is 2.43 bits per heavy atom. The second-order valence-corrected chi connectivity index (χ2v) is 9.63. The van der Waals surface area contributed by atoms with Crippen LogP contribution in [0, 0.1) is 0 Å². The van der Waals surface area contributed by atoms with Crippen LogP contribution >= 0.6 is 0 Å². The van der Waals surface area contributed by atoms with Crippen molar-refractivity contribution < 1.29 is 59.8 Å². The standard InChI is InChI=1S/C30H40N4O9.ClH/c1-4-32-15-8-7-10-23(32)20-34(28(36)25-11-5-6-12-26(25)40-3)30(38)43-22-24(39-2)21-42-29(37)31-14-9-13-27(35)33-16-18-41-19-17-33;/h5-8,10-12,15,24H,4,9,13-14,16-22H2,1-3H3;1H. The third-order valence-electron chi connectivity index (χ3n) is 6.83. The SMILES string of the molecule is CC[n+]1ccccc1CN(C(=O)OCC(COC(=O)NCCCC(=O)N1CCOCC1)OC)C(=O)c1ccccc1OC.[Cl-]. The molecular formula is C30H41ClN4O9. The monoisotopic (exact) mass is 636 g/mol. The normalized spacial score (nSPS) is 13.2. The van der Waals surface area contributed by atoms with Gasteiger partial charge < -0.3 is 46.3 Å².